The highest BCUT2D eigenvalue weighted by Gasteiger charge is 2.11. The molecule has 0 aliphatic carbocycles. The zero-order valence-electron chi connectivity index (χ0n) is 10.2. The third-order valence-electron chi connectivity index (χ3n) is 3.30. The van der Waals surface area contributed by atoms with E-state index in [1.54, 1.807) is 7.11 Å². The summed E-state index contributed by atoms with van der Waals surface area (Å²) >= 11 is 0. The molecule has 0 amide bonds. The number of methoxy groups -OCH3 is 1. The van der Waals surface area contributed by atoms with E-state index < -0.39 is 0 Å². The molecule has 3 aromatic carbocycles. The molecule has 2 heteroatoms. The third kappa shape index (κ3) is 1.54. The molecule has 0 heterocycles. The summed E-state index contributed by atoms with van der Waals surface area (Å²) in [6.07, 6.45) is 0. The van der Waals surface area contributed by atoms with E-state index in [2.05, 4.69) is 0 Å². The molecule has 3 aromatic rings. The van der Waals surface area contributed by atoms with Crippen LogP contribution in [-0.4, -0.2) is 12.2 Å². The molecule has 0 radical (unpaired) electrons. The highest BCUT2D eigenvalue weighted by Crippen LogP contribution is 2.37. The molecule has 90 valence electrons. The summed E-state index contributed by atoms with van der Waals surface area (Å²) in [4.78, 5) is 0. The van der Waals surface area contributed by atoms with Gasteiger partial charge in [-0.1, -0.05) is 48.5 Å². The average Bonchev–Trinajstić information content (AvgIpc) is 2.43. The van der Waals surface area contributed by atoms with Crippen molar-refractivity contribution in [3.05, 3.63) is 54.1 Å². The number of benzene rings is 3. The minimum absolute atomic E-state index is 0.348. The van der Waals surface area contributed by atoms with Gasteiger partial charge in [-0.15, -0.1) is 0 Å². The minimum Gasteiger partial charge on any atom is -0.507 e. The van der Waals surface area contributed by atoms with Crippen LogP contribution in [0.15, 0.2) is 48.5 Å². The van der Waals surface area contributed by atoms with Gasteiger partial charge in [-0.3, -0.25) is 0 Å². The number of hydrogen-bond donors (Lipinski definition) is 1. The zero-order valence-corrected chi connectivity index (χ0v) is 10.2. The second-order valence-corrected chi connectivity index (χ2v) is 4.35. The van der Waals surface area contributed by atoms with Crippen molar-refractivity contribution in [2.75, 3.05) is 7.11 Å². The predicted octanol–water partition coefficient (Wildman–Crippen LogP) is 3.85. The van der Waals surface area contributed by atoms with Crippen LogP contribution in [0.2, 0.25) is 0 Å². The van der Waals surface area contributed by atoms with Crippen molar-refractivity contribution < 1.29 is 9.84 Å². The molecule has 0 unspecified atom stereocenters. The first-order chi connectivity index (χ1) is 8.83. The van der Waals surface area contributed by atoms with Crippen LogP contribution in [0.25, 0.3) is 21.5 Å². The molecule has 0 aliphatic heterocycles. The van der Waals surface area contributed by atoms with Gasteiger partial charge >= 0.3 is 0 Å². The van der Waals surface area contributed by atoms with Gasteiger partial charge in [0.1, 0.15) is 5.75 Å². The van der Waals surface area contributed by atoms with E-state index in [0.29, 0.717) is 12.4 Å². The average molecular weight is 238 g/mol. The second-order valence-electron chi connectivity index (χ2n) is 4.35. The molecule has 3 rings (SSSR count). The number of aromatic hydroxyl groups is 1. The van der Waals surface area contributed by atoms with E-state index >= 15 is 0 Å². The van der Waals surface area contributed by atoms with E-state index in [1.165, 1.54) is 0 Å². The van der Waals surface area contributed by atoms with Gasteiger partial charge in [-0.25, -0.2) is 0 Å². The van der Waals surface area contributed by atoms with Gasteiger partial charge in [-0.2, -0.15) is 0 Å². The lowest BCUT2D eigenvalue weighted by Crippen LogP contribution is -1.92. The Bertz CT molecular complexity index is 660. The fraction of sp³-hybridized carbons (Fsp3) is 0.125. The van der Waals surface area contributed by atoms with Crippen molar-refractivity contribution in [3.63, 3.8) is 0 Å². The van der Waals surface area contributed by atoms with E-state index in [-0.39, 0.29) is 0 Å². The van der Waals surface area contributed by atoms with Gasteiger partial charge in [0, 0.05) is 17.9 Å². The summed E-state index contributed by atoms with van der Waals surface area (Å²) in [6, 6.07) is 15.8. The molecular weight excluding hydrogens is 224 g/mol. The topological polar surface area (TPSA) is 29.5 Å². The highest BCUT2D eigenvalue weighted by atomic mass is 16.5. The van der Waals surface area contributed by atoms with Crippen molar-refractivity contribution >= 4 is 21.5 Å². The molecule has 0 saturated heterocycles. The quantitative estimate of drug-likeness (QED) is 0.687. The summed E-state index contributed by atoms with van der Waals surface area (Å²) in [5.41, 5.74) is 1.13. The number of hydrogen-bond acceptors (Lipinski definition) is 2. The highest BCUT2D eigenvalue weighted by molar-refractivity contribution is 6.08. The van der Waals surface area contributed by atoms with Crippen LogP contribution in [0.1, 0.15) is 5.56 Å². The maximum absolute atomic E-state index is 10.4. The first-order valence-corrected chi connectivity index (χ1v) is 5.93. The smallest absolute Gasteiger partial charge is 0.131 e. The first kappa shape index (κ1) is 11.1. The van der Waals surface area contributed by atoms with E-state index in [1.807, 2.05) is 48.5 Å². The fourth-order valence-corrected chi connectivity index (χ4v) is 2.50. The zero-order chi connectivity index (χ0) is 12.5. The van der Waals surface area contributed by atoms with Gasteiger partial charge in [0.25, 0.3) is 0 Å². The van der Waals surface area contributed by atoms with E-state index in [0.717, 1.165) is 27.1 Å². The van der Waals surface area contributed by atoms with Crippen molar-refractivity contribution in [1.82, 2.24) is 0 Å². The Morgan fingerprint density at radius 3 is 1.72 bits per heavy atom. The number of phenols is 1. The second kappa shape index (κ2) is 4.31. The van der Waals surface area contributed by atoms with Crippen LogP contribution in [0.5, 0.6) is 5.75 Å². The molecule has 0 aromatic heterocycles. The fourth-order valence-electron chi connectivity index (χ4n) is 2.50. The van der Waals surface area contributed by atoms with Crippen LogP contribution < -0.4 is 0 Å². The predicted molar refractivity (Wildman–Crippen MR) is 73.8 cm³/mol. The van der Waals surface area contributed by atoms with Crippen LogP contribution in [0.4, 0.5) is 0 Å². The molecule has 0 aliphatic rings. The van der Waals surface area contributed by atoms with Crippen molar-refractivity contribution in [3.8, 4) is 5.75 Å². The lowest BCUT2D eigenvalue weighted by Gasteiger charge is -2.12. The molecule has 0 fully saturated rings. The molecule has 0 atom stereocenters. The van der Waals surface area contributed by atoms with Gasteiger partial charge in [0.15, 0.2) is 0 Å². The number of rotatable bonds is 2. The van der Waals surface area contributed by atoms with Crippen LogP contribution >= 0.6 is 0 Å². The molecule has 0 spiro atoms. The molecule has 18 heavy (non-hydrogen) atoms. The van der Waals surface area contributed by atoms with Gasteiger partial charge in [0.2, 0.25) is 0 Å². The summed E-state index contributed by atoms with van der Waals surface area (Å²) < 4.78 is 5.30. The van der Waals surface area contributed by atoms with E-state index in [4.69, 9.17) is 4.74 Å². The summed E-state index contributed by atoms with van der Waals surface area (Å²) in [6.45, 7) is 0.543. The van der Waals surface area contributed by atoms with Gasteiger partial charge in [0.05, 0.1) is 6.61 Å². The Labute approximate surface area is 105 Å². The van der Waals surface area contributed by atoms with Crippen molar-refractivity contribution in [1.29, 1.82) is 0 Å². The van der Waals surface area contributed by atoms with Gasteiger partial charge < -0.3 is 9.84 Å². The van der Waals surface area contributed by atoms with Gasteiger partial charge in [-0.05, 0) is 16.3 Å². The standard InChI is InChI=1S/C16H14O2/c1-18-10-15-11-6-2-4-8-13(11)16(17)14-9-5-3-7-12(14)15/h2-9,17H,10H2,1H3. The third-order valence-corrected chi connectivity index (χ3v) is 3.30. The number of ether oxygens (including phenoxy) is 1. The Morgan fingerprint density at radius 2 is 1.28 bits per heavy atom. The largest absolute Gasteiger partial charge is 0.507 e. The Balaban J connectivity index is 2.54. The monoisotopic (exact) mass is 238 g/mol. The van der Waals surface area contributed by atoms with Crippen LogP contribution in [0.3, 0.4) is 0 Å². The molecular formula is C16H14O2. The number of phenolic OH excluding ortho intramolecular Hbond substituents is 1. The molecule has 1 N–H and O–H groups in total. The summed E-state index contributed by atoms with van der Waals surface area (Å²) in [5.74, 6) is 0.348. The lowest BCUT2D eigenvalue weighted by atomic mass is 9.96. The summed E-state index contributed by atoms with van der Waals surface area (Å²) in [7, 11) is 1.69. The molecule has 2 nitrogen and oxygen atoms in total. The van der Waals surface area contributed by atoms with Crippen LogP contribution in [0, 0.1) is 0 Å². The molecule has 0 saturated carbocycles. The first-order valence-electron chi connectivity index (χ1n) is 5.93. The normalized spacial score (nSPS) is 11.2. The molecule has 0 bridgehead atoms. The summed E-state index contributed by atoms with van der Waals surface area (Å²) in [5, 5.41) is 14.2. The SMILES string of the molecule is COCc1c2ccccc2c(O)c2ccccc12. The maximum atomic E-state index is 10.4. The Hall–Kier alpha value is -2.06. The Kier molecular flexibility index (Phi) is 2.65. The van der Waals surface area contributed by atoms with Crippen molar-refractivity contribution in [2.45, 2.75) is 6.61 Å². The van der Waals surface area contributed by atoms with Crippen LogP contribution in [-0.2, 0) is 11.3 Å². The minimum atomic E-state index is 0.348. The number of fused-ring (bicyclic) bond motifs is 2. The van der Waals surface area contributed by atoms with Crippen molar-refractivity contribution in [2.24, 2.45) is 0 Å². The van der Waals surface area contributed by atoms with E-state index in [9.17, 15) is 5.11 Å². The lowest BCUT2D eigenvalue weighted by molar-refractivity contribution is 0.187. The maximum Gasteiger partial charge on any atom is 0.131 e. The Morgan fingerprint density at radius 1 is 0.833 bits per heavy atom.